The molecule has 0 saturated heterocycles. The highest BCUT2D eigenvalue weighted by molar-refractivity contribution is 6.30. The van der Waals surface area contributed by atoms with E-state index in [1.807, 2.05) is 6.92 Å². The van der Waals surface area contributed by atoms with Gasteiger partial charge in [0, 0.05) is 6.04 Å². The molecule has 3 nitrogen and oxygen atoms in total. The second kappa shape index (κ2) is 5.09. The van der Waals surface area contributed by atoms with E-state index in [1.165, 1.54) is 12.1 Å². The number of hydrogen-bond acceptors (Lipinski definition) is 2. The Morgan fingerprint density at radius 1 is 1.67 bits per heavy atom. The Labute approximate surface area is 92.4 Å². The number of carbonyl (C=O) groups excluding carboxylic acids is 1. The van der Waals surface area contributed by atoms with Crippen molar-refractivity contribution in [3.05, 3.63) is 34.6 Å². The van der Waals surface area contributed by atoms with Crippen LogP contribution in [0.2, 0.25) is 5.02 Å². The molecule has 3 N–H and O–H groups in total. The van der Waals surface area contributed by atoms with Crippen molar-refractivity contribution in [3.63, 3.8) is 0 Å². The van der Waals surface area contributed by atoms with Crippen LogP contribution in [0.5, 0.6) is 0 Å². The Kier molecular flexibility index (Phi) is 4.05. The number of carbonyl (C=O) groups is 1. The second-order valence-electron chi connectivity index (χ2n) is 3.24. The van der Waals surface area contributed by atoms with Crippen molar-refractivity contribution in [1.29, 1.82) is 0 Å². The number of primary amides is 1. The molecule has 0 radical (unpaired) electrons. The van der Waals surface area contributed by atoms with Crippen LogP contribution in [-0.4, -0.2) is 12.5 Å². The molecular formula is C10H12ClFN2O. The Morgan fingerprint density at radius 2 is 2.33 bits per heavy atom. The molecule has 0 aromatic heterocycles. The van der Waals surface area contributed by atoms with Crippen LogP contribution in [0.4, 0.5) is 4.39 Å². The zero-order chi connectivity index (χ0) is 11.4. The first kappa shape index (κ1) is 11.9. The first-order valence-corrected chi connectivity index (χ1v) is 4.85. The molecule has 82 valence electrons. The van der Waals surface area contributed by atoms with Gasteiger partial charge in [0.25, 0.3) is 0 Å². The smallest absolute Gasteiger partial charge is 0.231 e. The van der Waals surface area contributed by atoms with E-state index in [0.29, 0.717) is 0 Å². The highest BCUT2D eigenvalue weighted by Crippen LogP contribution is 2.19. The standard InChI is InChI=1S/C10H12ClFN2O/c1-6(14-5-10(13)15)7-2-3-8(11)9(12)4-7/h2-4,6,14H,5H2,1H3,(H2,13,15). The van der Waals surface area contributed by atoms with Gasteiger partial charge in [0.2, 0.25) is 5.91 Å². The minimum Gasteiger partial charge on any atom is -0.369 e. The molecule has 1 aromatic carbocycles. The highest BCUT2D eigenvalue weighted by atomic mass is 35.5. The third kappa shape index (κ3) is 3.49. The highest BCUT2D eigenvalue weighted by Gasteiger charge is 2.08. The molecule has 0 heterocycles. The Bertz CT molecular complexity index is 370. The van der Waals surface area contributed by atoms with Crippen LogP contribution in [0.3, 0.4) is 0 Å². The normalized spacial score (nSPS) is 12.5. The maximum atomic E-state index is 13.1. The van der Waals surface area contributed by atoms with Crippen molar-refractivity contribution in [3.8, 4) is 0 Å². The molecule has 15 heavy (non-hydrogen) atoms. The molecule has 1 amide bonds. The van der Waals surface area contributed by atoms with Crippen LogP contribution in [-0.2, 0) is 4.79 Å². The average Bonchev–Trinajstić information content (AvgIpc) is 2.18. The van der Waals surface area contributed by atoms with E-state index in [1.54, 1.807) is 6.07 Å². The van der Waals surface area contributed by atoms with Crippen molar-refractivity contribution in [2.75, 3.05) is 6.54 Å². The summed E-state index contributed by atoms with van der Waals surface area (Å²) in [6.07, 6.45) is 0. The molecule has 0 aliphatic heterocycles. The van der Waals surface area contributed by atoms with Gasteiger partial charge < -0.3 is 11.1 Å². The van der Waals surface area contributed by atoms with Crippen LogP contribution in [0.1, 0.15) is 18.5 Å². The lowest BCUT2D eigenvalue weighted by Crippen LogP contribution is -2.30. The van der Waals surface area contributed by atoms with E-state index < -0.39 is 11.7 Å². The fourth-order valence-electron chi connectivity index (χ4n) is 1.15. The van der Waals surface area contributed by atoms with E-state index >= 15 is 0 Å². The Balaban J connectivity index is 2.69. The average molecular weight is 231 g/mol. The van der Waals surface area contributed by atoms with Crippen molar-refractivity contribution < 1.29 is 9.18 Å². The van der Waals surface area contributed by atoms with Crippen LogP contribution in [0.15, 0.2) is 18.2 Å². The maximum Gasteiger partial charge on any atom is 0.231 e. The molecular weight excluding hydrogens is 219 g/mol. The summed E-state index contributed by atoms with van der Waals surface area (Å²) in [5.41, 5.74) is 5.70. The number of nitrogens with one attached hydrogen (secondary N) is 1. The SMILES string of the molecule is CC(NCC(N)=O)c1ccc(Cl)c(F)c1. The third-order valence-electron chi connectivity index (χ3n) is 2.03. The first-order valence-electron chi connectivity index (χ1n) is 4.47. The van der Waals surface area contributed by atoms with Gasteiger partial charge in [0.1, 0.15) is 5.82 Å². The summed E-state index contributed by atoms with van der Waals surface area (Å²) >= 11 is 5.54. The van der Waals surface area contributed by atoms with Crippen molar-refractivity contribution in [2.45, 2.75) is 13.0 Å². The number of benzene rings is 1. The summed E-state index contributed by atoms with van der Waals surface area (Å²) in [5, 5.41) is 2.94. The van der Waals surface area contributed by atoms with E-state index in [0.717, 1.165) is 5.56 Å². The van der Waals surface area contributed by atoms with Crippen LogP contribution in [0.25, 0.3) is 0 Å². The van der Waals surface area contributed by atoms with Crippen molar-refractivity contribution in [2.24, 2.45) is 5.73 Å². The van der Waals surface area contributed by atoms with E-state index in [-0.39, 0.29) is 17.6 Å². The summed E-state index contributed by atoms with van der Waals surface area (Å²) < 4.78 is 13.1. The van der Waals surface area contributed by atoms with Gasteiger partial charge in [-0.05, 0) is 24.6 Å². The lowest BCUT2D eigenvalue weighted by Gasteiger charge is -2.13. The lowest BCUT2D eigenvalue weighted by atomic mass is 10.1. The molecule has 0 fully saturated rings. The van der Waals surface area contributed by atoms with Gasteiger partial charge in [0.05, 0.1) is 11.6 Å². The lowest BCUT2D eigenvalue weighted by molar-refractivity contribution is -0.117. The number of amides is 1. The molecule has 1 atom stereocenters. The molecule has 1 aromatic rings. The predicted molar refractivity (Wildman–Crippen MR) is 57.0 cm³/mol. The zero-order valence-corrected chi connectivity index (χ0v) is 9.01. The number of nitrogens with two attached hydrogens (primary N) is 1. The minimum absolute atomic E-state index is 0.0609. The van der Waals surface area contributed by atoms with Gasteiger partial charge in [-0.25, -0.2) is 4.39 Å². The summed E-state index contributed by atoms with van der Waals surface area (Å²) in [5.74, 6) is -0.918. The predicted octanol–water partition coefficient (Wildman–Crippen LogP) is 1.62. The van der Waals surface area contributed by atoms with Gasteiger partial charge in [-0.2, -0.15) is 0 Å². The molecule has 0 spiro atoms. The molecule has 5 heteroatoms. The van der Waals surface area contributed by atoms with Gasteiger partial charge in [0.15, 0.2) is 0 Å². The number of hydrogen-bond donors (Lipinski definition) is 2. The molecule has 0 saturated carbocycles. The summed E-state index contributed by atoms with van der Waals surface area (Å²) in [6, 6.07) is 4.36. The van der Waals surface area contributed by atoms with Gasteiger partial charge >= 0.3 is 0 Å². The van der Waals surface area contributed by atoms with Crippen LogP contribution in [0, 0.1) is 5.82 Å². The van der Waals surface area contributed by atoms with Crippen molar-refractivity contribution >= 4 is 17.5 Å². The quantitative estimate of drug-likeness (QED) is 0.826. The maximum absolute atomic E-state index is 13.1. The largest absolute Gasteiger partial charge is 0.369 e. The third-order valence-corrected chi connectivity index (χ3v) is 2.33. The Hall–Kier alpha value is -1.13. The van der Waals surface area contributed by atoms with Crippen LogP contribution < -0.4 is 11.1 Å². The number of rotatable bonds is 4. The monoisotopic (exact) mass is 230 g/mol. The van der Waals surface area contributed by atoms with E-state index in [9.17, 15) is 9.18 Å². The van der Waals surface area contributed by atoms with E-state index in [2.05, 4.69) is 5.32 Å². The molecule has 0 bridgehead atoms. The molecule has 0 aliphatic carbocycles. The van der Waals surface area contributed by atoms with Gasteiger partial charge in [-0.1, -0.05) is 17.7 Å². The second-order valence-corrected chi connectivity index (χ2v) is 3.65. The summed E-state index contributed by atoms with van der Waals surface area (Å²) in [7, 11) is 0. The summed E-state index contributed by atoms with van der Waals surface area (Å²) in [6.45, 7) is 1.87. The summed E-state index contributed by atoms with van der Waals surface area (Å²) in [4.78, 5) is 10.5. The Morgan fingerprint density at radius 3 is 2.87 bits per heavy atom. The topological polar surface area (TPSA) is 55.1 Å². The van der Waals surface area contributed by atoms with Crippen molar-refractivity contribution in [1.82, 2.24) is 5.32 Å². The minimum atomic E-state index is -0.470. The molecule has 1 unspecified atom stereocenters. The molecule has 0 aliphatic rings. The fraction of sp³-hybridized carbons (Fsp3) is 0.300. The number of halogens is 2. The van der Waals surface area contributed by atoms with Gasteiger partial charge in [-0.15, -0.1) is 0 Å². The van der Waals surface area contributed by atoms with Gasteiger partial charge in [-0.3, -0.25) is 4.79 Å². The fourth-order valence-corrected chi connectivity index (χ4v) is 1.27. The molecule has 1 rings (SSSR count). The van der Waals surface area contributed by atoms with E-state index in [4.69, 9.17) is 17.3 Å². The zero-order valence-electron chi connectivity index (χ0n) is 8.26. The first-order chi connectivity index (χ1) is 7.00. The van der Waals surface area contributed by atoms with Crippen LogP contribution >= 0.6 is 11.6 Å².